The number of halogens is 2. The van der Waals surface area contributed by atoms with Gasteiger partial charge in [-0.3, -0.25) is 0 Å². The van der Waals surface area contributed by atoms with Gasteiger partial charge in [0, 0.05) is 16.7 Å². The maximum Gasteiger partial charge on any atom is 0.331 e. The molecule has 1 N–H and O–H groups in total. The quantitative estimate of drug-likeness (QED) is 0.680. The molecule has 0 atom stereocenters. The highest BCUT2D eigenvalue weighted by Gasteiger charge is 2.00. The molecule has 0 saturated heterocycles. The third-order valence-electron chi connectivity index (χ3n) is 1.59. The van der Waals surface area contributed by atoms with E-state index in [-0.39, 0.29) is 0 Å². The number of ether oxygens (including phenoxy) is 1. The summed E-state index contributed by atoms with van der Waals surface area (Å²) in [7, 11) is 1.27. The van der Waals surface area contributed by atoms with Crippen LogP contribution in [0.15, 0.2) is 34.9 Å². The molecule has 1 rings (SSSR count). The van der Waals surface area contributed by atoms with Crippen molar-refractivity contribution in [3.63, 3.8) is 0 Å². The number of anilines is 1. The number of hydrogen-bond acceptors (Lipinski definition) is 3. The molecule has 0 saturated carbocycles. The van der Waals surface area contributed by atoms with Crippen LogP contribution in [-0.2, 0) is 9.53 Å². The Balaban J connectivity index is 2.65. The number of esters is 1. The lowest BCUT2D eigenvalue weighted by Gasteiger charge is -2.02. The first-order valence-corrected chi connectivity index (χ1v) is 4.89. The van der Waals surface area contributed by atoms with Crippen LogP contribution in [-0.4, -0.2) is 13.1 Å². The van der Waals surface area contributed by atoms with Crippen LogP contribution < -0.4 is 5.32 Å². The molecular weight excluding hydrogens is 265 g/mol. The molecule has 15 heavy (non-hydrogen) atoms. The molecule has 1 aromatic carbocycles. The fraction of sp³-hybridized carbons (Fsp3) is 0.100. The van der Waals surface area contributed by atoms with Crippen LogP contribution in [0.2, 0.25) is 0 Å². The largest absolute Gasteiger partial charge is 0.466 e. The van der Waals surface area contributed by atoms with E-state index in [0.29, 0.717) is 10.2 Å². The minimum absolute atomic E-state index is 0.290. The summed E-state index contributed by atoms with van der Waals surface area (Å²) in [6.45, 7) is 0. The number of carbonyl (C=O) groups is 1. The molecule has 0 aliphatic heterocycles. The normalized spacial score (nSPS) is 10.3. The molecule has 0 amide bonds. The first-order chi connectivity index (χ1) is 7.13. The number of nitrogens with one attached hydrogen (secondary N) is 1. The Bertz CT molecular complexity index is 393. The average Bonchev–Trinajstić information content (AvgIpc) is 2.21. The summed E-state index contributed by atoms with van der Waals surface area (Å²) < 4.78 is 18.2. The Morgan fingerprint density at radius 1 is 1.60 bits per heavy atom. The van der Waals surface area contributed by atoms with Crippen molar-refractivity contribution in [3.05, 3.63) is 40.8 Å². The molecule has 0 spiro atoms. The van der Waals surface area contributed by atoms with Crippen LogP contribution in [0.25, 0.3) is 0 Å². The van der Waals surface area contributed by atoms with E-state index in [1.54, 1.807) is 12.1 Å². The molecule has 3 nitrogen and oxygen atoms in total. The van der Waals surface area contributed by atoms with E-state index in [1.165, 1.54) is 25.5 Å². The molecule has 1 aromatic rings. The Hall–Kier alpha value is -1.36. The Kier molecular flexibility index (Phi) is 4.30. The summed E-state index contributed by atoms with van der Waals surface area (Å²) in [6.07, 6.45) is 2.49. The highest BCUT2D eigenvalue weighted by molar-refractivity contribution is 9.10. The van der Waals surface area contributed by atoms with Gasteiger partial charge in [0.05, 0.1) is 12.8 Å². The van der Waals surface area contributed by atoms with Crippen molar-refractivity contribution in [3.8, 4) is 0 Å². The number of benzene rings is 1. The third-order valence-corrected chi connectivity index (χ3v) is 2.08. The maximum atomic E-state index is 13.2. The highest BCUT2D eigenvalue weighted by atomic mass is 79.9. The lowest BCUT2D eigenvalue weighted by Crippen LogP contribution is -1.97. The van der Waals surface area contributed by atoms with Crippen molar-refractivity contribution in [2.45, 2.75) is 0 Å². The van der Waals surface area contributed by atoms with Crippen LogP contribution in [0.4, 0.5) is 10.1 Å². The molecule has 0 aliphatic carbocycles. The zero-order chi connectivity index (χ0) is 11.3. The topological polar surface area (TPSA) is 38.3 Å². The van der Waals surface area contributed by atoms with Gasteiger partial charge in [0.2, 0.25) is 0 Å². The predicted octanol–water partition coefficient (Wildman–Crippen LogP) is 2.69. The van der Waals surface area contributed by atoms with Crippen LogP contribution in [0.1, 0.15) is 0 Å². The minimum atomic E-state index is -0.500. The van der Waals surface area contributed by atoms with Gasteiger partial charge >= 0.3 is 5.97 Å². The van der Waals surface area contributed by atoms with E-state index in [9.17, 15) is 9.18 Å². The summed E-state index contributed by atoms with van der Waals surface area (Å²) in [4.78, 5) is 10.7. The molecule has 0 heterocycles. The molecule has 0 bridgehead atoms. The third kappa shape index (κ3) is 3.71. The van der Waals surface area contributed by atoms with E-state index in [4.69, 9.17) is 0 Å². The van der Waals surface area contributed by atoms with E-state index in [2.05, 4.69) is 26.0 Å². The predicted molar refractivity (Wildman–Crippen MR) is 58.9 cm³/mol. The molecule has 0 aromatic heterocycles. The van der Waals surface area contributed by atoms with Crippen molar-refractivity contribution in [2.24, 2.45) is 0 Å². The molecule has 80 valence electrons. The zero-order valence-corrected chi connectivity index (χ0v) is 9.55. The van der Waals surface area contributed by atoms with Crippen LogP contribution >= 0.6 is 15.9 Å². The molecule has 0 radical (unpaired) electrons. The fourth-order valence-electron chi connectivity index (χ4n) is 0.874. The smallest absolute Gasteiger partial charge is 0.331 e. The Morgan fingerprint density at radius 3 is 2.93 bits per heavy atom. The van der Waals surface area contributed by atoms with Gasteiger partial charge in [0.1, 0.15) is 5.82 Å². The van der Waals surface area contributed by atoms with Crippen molar-refractivity contribution in [1.29, 1.82) is 0 Å². The summed E-state index contributed by atoms with van der Waals surface area (Å²) >= 11 is 3.14. The maximum absolute atomic E-state index is 13.2. The molecule has 0 unspecified atom stereocenters. The van der Waals surface area contributed by atoms with Crippen molar-refractivity contribution < 1.29 is 13.9 Å². The number of methoxy groups -OCH3 is 1. The zero-order valence-electron chi connectivity index (χ0n) is 7.96. The van der Waals surface area contributed by atoms with Gasteiger partial charge in [-0.15, -0.1) is 0 Å². The summed E-state index contributed by atoms with van der Waals surface area (Å²) in [5.74, 6) is -0.904. The molecule has 0 fully saturated rings. The van der Waals surface area contributed by atoms with Gasteiger partial charge in [-0.05, 0) is 18.2 Å². The lowest BCUT2D eigenvalue weighted by atomic mass is 10.3. The van der Waals surface area contributed by atoms with E-state index < -0.39 is 11.8 Å². The number of carbonyl (C=O) groups excluding carboxylic acids is 1. The van der Waals surface area contributed by atoms with Crippen molar-refractivity contribution in [2.75, 3.05) is 12.4 Å². The van der Waals surface area contributed by atoms with Crippen LogP contribution in [0.5, 0.6) is 0 Å². The minimum Gasteiger partial charge on any atom is -0.466 e. The standard InChI is InChI=1S/C10H9BrFNO2/c1-15-10(14)4-5-13-9-3-2-7(11)6-8(9)12/h2-6,13H,1H3/b5-4+. The first-order valence-electron chi connectivity index (χ1n) is 4.09. The molecule has 0 aliphatic rings. The van der Waals surface area contributed by atoms with Gasteiger partial charge in [0.25, 0.3) is 0 Å². The molecular formula is C10H9BrFNO2. The van der Waals surface area contributed by atoms with Crippen molar-refractivity contribution in [1.82, 2.24) is 0 Å². The Labute approximate surface area is 95.1 Å². The molecule has 5 heteroatoms. The van der Waals surface area contributed by atoms with Gasteiger partial charge in [-0.25, -0.2) is 9.18 Å². The highest BCUT2D eigenvalue weighted by Crippen LogP contribution is 2.19. The SMILES string of the molecule is COC(=O)/C=C/Nc1ccc(Br)cc1F. The van der Waals surface area contributed by atoms with Gasteiger partial charge in [-0.1, -0.05) is 15.9 Å². The van der Waals surface area contributed by atoms with Gasteiger partial charge in [0.15, 0.2) is 0 Å². The first kappa shape index (κ1) is 11.7. The second-order valence-electron chi connectivity index (χ2n) is 2.62. The van der Waals surface area contributed by atoms with Crippen LogP contribution in [0.3, 0.4) is 0 Å². The van der Waals surface area contributed by atoms with E-state index in [0.717, 1.165) is 0 Å². The van der Waals surface area contributed by atoms with Gasteiger partial charge in [-0.2, -0.15) is 0 Å². The number of rotatable bonds is 3. The van der Waals surface area contributed by atoms with Crippen LogP contribution in [0, 0.1) is 5.82 Å². The Morgan fingerprint density at radius 2 is 2.33 bits per heavy atom. The fourth-order valence-corrected chi connectivity index (χ4v) is 1.21. The summed E-state index contributed by atoms with van der Waals surface area (Å²) in [6, 6.07) is 4.58. The van der Waals surface area contributed by atoms with Crippen molar-refractivity contribution >= 4 is 27.6 Å². The second kappa shape index (κ2) is 5.50. The summed E-state index contributed by atoms with van der Waals surface area (Å²) in [5.41, 5.74) is 0.290. The number of hydrogen-bond donors (Lipinski definition) is 1. The monoisotopic (exact) mass is 273 g/mol. The van der Waals surface area contributed by atoms with E-state index >= 15 is 0 Å². The second-order valence-corrected chi connectivity index (χ2v) is 3.54. The van der Waals surface area contributed by atoms with E-state index in [1.807, 2.05) is 0 Å². The lowest BCUT2D eigenvalue weighted by molar-refractivity contribution is -0.134. The average molecular weight is 274 g/mol. The summed E-state index contributed by atoms with van der Waals surface area (Å²) in [5, 5.41) is 2.63. The van der Waals surface area contributed by atoms with Gasteiger partial charge < -0.3 is 10.1 Å².